The Balaban J connectivity index is 1.65. The molecule has 0 saturated heterocycles. The van der Waals surface area contributed by atoms with E-state index < -0.39 is 6.61 Å². The second-order valence-electron chi connectivity index (χ2n) is 5.25. The lowest BCUT2D eigenvalue weighted by molar-refractivity contribution is -0.111. The summed E-state index contributed by atoms with van der Waals surface area (Å²) in [4.78, 5) is 19.2. The summed E-state index contributed by atoms with van der Waals surface area (Å²) < 4.78 is 29.2. The molecule has 3 aromatic rings. The number of carbonyl (C=O) groups excluding carboxylic acids is 1. The van der Waals surface area contributed by atoms with Crippen LogP contribution in [-0.4, -0.2) is 22.5 Å². The Hall–Kier alpha value is -3.48. The van der Waals surface area contributed by atoms with Crippen LogP contribution in [0.15, 0.2) is 67.0 Å². The maximum Gasteiger partial charge on any atom is 0.387 e. The number of hydrogen-bond donors (Lipinski definition) is 2. The van der Waals surface area contributed by atoms with Crippen LogP contribution in [0.2, 0.25) is 0 Å². The molecular formula is C19H15F2N3O2. The SMILES string of the molecule is O=C(C=Cc1ccccc1OC(F)F)Nc1ccc(-c2ncc[nH]2)cc1. The van der Waals surface area contributed by atoms with Crippen molar-refractivity contribution in [2.45, 2.75) is 6.61 Å². The molecule has 0 aliphatic heterocycles. The van der Waals surface area contributed by atoms with Gasteiger partial charge in [0.15, 0.2) is 0 Å². The number of benzene rings is 2. The predicted molar refractivity (Wildman–Crippen MR) is 94.8 cm³/mol. The van der Waals surface area contributed by atoms with E-state index in [1.54, 1.807) is 42.7 Å². The first-order valence-corrected chi connectivity index (χ1v) is 7.74. The number of ether oxygens (including phenoxy) is 1. The average molecular weight is 355 g/mol. The van der Waals surface area contributed by atoms with E-state index in [2.05, 4.69) is 20.0 Å². The van der Waals surface area contributed by atoms with Gasteiger partial charge in [0.05, 0.1) is 0 Å². The molecule has 0 aliphatic carbocycles. The van der Waals surface area contributed by atoms with E-state index in [4.69, 9.17) is 0 Å². The van der Waals surface area contributed by atoms with Crippen LogP contribution in [0, 0.1) is 0 Å². The third-order valence-corrected chi connectivity index (χ3v) is 3.47. The van der Waals surface area contributed by atoms with Gasteiger partial charge in [0.2, 0.25) is 5.91 Å². The molecule has 7 heteroatoms. The van der Waals surface area contributed by atoms with Gasteiger partial charge in [-0.2, -0.15) is 8.78 Å². The molecule has 0 spiro atoms. The summed E-state index contributed by atoms with van der Waals surface area (Å²) in [7, 11) is 0. The van der Waals surface area contributed by atoms with Gasteiger partial charge in [0.25, 0.3) is 0 Å². The van der Waals surface area contributed by atoms with Gasteiger partial charge in [0, 0.05) is 35.3 Å². The molecule has 1 aromatic heterocycles. The minimum Gasteiger partial charge on any atom is -0.434 e. The summed E-state index contributed by atoms with van der Waals surface area (Å²) in [6, 6.07) is 13.4. The van der Waals surface area contributed by atoms with Crippen molar-refractivity contribution in [1.29, 1.82) is 0 Å². The number of rotatable bonds is 6. The third kappa shape index (κ3) is 4.54. The second-order valence-corrected chi connectivity index (χ2v) is 5.25. The molecule has 0 bridgehead atoms. The molecule has 0 aliphatic rings. The van der Waals surface area contributed by atoms with Gasteiger partial charge in [0.1, 0.15) is 11.6 Å². The zero-order valence-electron chi connectivity index (χ0n) is 13.5. The Morgan fingerprint density at radius 3 is 2.62 bits per heavy atom. The zero-order chi connectivity index (χ0) is 18.4. The average Bonchev–Trinajstić information content (AvgIpc) is 3.16. The number of para-hydroxylation sites is 1. The molecule has 2 N–H and O–H groups in total. The topological polar surface area (TPSA) is 67.0 Å². The second kappa shape index (κ2) is 8.06. The van der Waals surface area contributed by atoms with Crippen LogP contribution < -0.4 is 10.1 Å². The number of nitrogens with zero attached hydrogens (tertiary/aromatic N) is 1. The molecule has 0 saturated carbocycles. The van der Waals surface area contributed by atoms with Crippen LogP contribution in [0.5, 0.6) is 5.75 Å². The summed E-state index contributed by atoms with van der Waals surface area (Å²) in [5, 5.41) is 2.70. The highest BCUT2D eigenvalue weighted by molar-refractivity contribution is 6.02. The number of imidazole rings is 1. The number of hydrogen-bond acceptors (Lipinski definition) is 3. The smallest absolute Gasteiger partial charge is 0.387 e. The van der Waals surface area contributed by atoms with E-state index in [1.807, 2.05) is 12.1 Å². The molecule has 26 heavy (non-hydrogen) atoms. The Morgan fingerprint density at radius 1 is 1.15 bits per heavy atom. The number of alkyl halides is 2. The summed E-state index contributed by atoms with van der Waals surface area (Å²) in [6.07, 6.45) is 6.06. The maximum atomic E-state index is 12.4. The van der Waals surface area contributed by atoms with Gasteiger partial charge in [-0.15, -0.1) is 0 Å². The lowest BCUT2D eigenvalue weighted by atomic mass is 10.2. The van der Waals surface area contributed by atoms with E-state index in [0.717, 1.165) is 11.4 Å². The maximum absolute atomic E-state index is 12.4. The minimum atomic E-state index is -2.92. The van der Waals surface area contributed by atoms with Crippen molar-refractivity contribution < 1.29 is 18.3 Å². The van der Waals surface area contributed by atoms with Crippen molar-refractivity contribution in [1.82, 2.24) is 9.97 Å². The van der Waals surface area contributed by atoms with E-state index >= 15 is 0 Å². The molecule has 1 amide bonds. The van der Waals surface area contributed by atoms with Gasteiger partial charge in [-0.25, -0.2) is 4.98 Å². The Bertz CT molecular complexity index is 891. The third-order valence-electron chi connectivity index (χ3n) is 3.47. The number of halogens is 2. The molecular weight excluding hydrogens is 340 g/mol. The number of aromatic nitrogens is 2. The highest BCUT2D eigenvalue weighted by Crippen LogP contribution is 2.22. The number of nitrogens with one attached hydrogen (secondary N) is 2. The number of carbonyl (C=O) groups is 1. The number of amides is 1. The summed E-state index contributed by atoms with van der Waals surface area (Å²) >= 11 is 0. The van der Waals surface area contributed by atoms with Crippen molar-refractivity contribution in [2.75, 3.05) is 5.32 Å². The van der Waals surface area contributed by atoms with Crippen molar-refractivity contribution >= 4 is 17.7 Å². The first-order valence-electron chi connectivity index (χ1n) is 7.74. The fraction of sp³-hybridized carbons (Fsp3) is 0.0526. The Morgan fingerprint density at radius 2 is 1.92 bits per heavy atom. The van der Waals surface area contributed by atoms with Gasteiger partial charge < -0.3 is 15.0 Å². The number of H-pyrrole nitrogens is 1. The quantitative estimate of drug-likeness (QED) is 0.647. The highest BCUT2D eigenvalue weighted by Gasteiger charge is 2.07. The van der Waals surface area contributed by atoms with Crippen LogP contribution in [0.4, 0.5) is 14.5 Å². The van der Waals surface area contributed by atoms with Crippen LogP contribution in [-0.2, 0) is 4.79 Å². The van der Waals surface area contributed by atoms with Crippen molar-refractivity contribution in [2.24, 2.45) is 0 Å². The largest absolute Gasteiger partial charge is 0.434 e. The fourth-order valence-corrected chi connectivity index (χ4v) is 2.31. The van der Waals surface area contributed by atoms with Gasteiger partial charge in [-0.3, -0.25) is 4.79 Å². The van der Waals surface area contributed by atoms with Crippen molar-refractivity contribution in [3.8, 4) is 17.1 Å². The standard InChI is InChI=1S/C19H15F2N3O2/c20-19(21)26-16-4-2-1-3-13(16)7-10-17(25)24-15-8-5-14(6-9-15)18-22-11-12-23-18/h1-12,19H,(H,22,23)(H,24,25). The fourth-order valence-electron chi connectivity index (χ4n) is 2.31. The molecule has 0 atom stereocenters. The lowest BCUT2D eigenvalue weighted by Crippen LogP contribution is -2.07. The van der Waals surface area contributed by atoms with E-state index in [0.29, 0.717) is 11.3 Å². The number of aromatic amines is 1. The molecule has 132 valence electrons. The van der Waals surface area contributed by atoms with E-state index in [-0.39, 0.29) is 11.7 Å². The first-order chi connectivity index (χ1) is 12.6. The first kappa shape index (κ1) is 17.3. The molecule has 1 heterocycles. The number of anilines is 1. The van der Waals surface area contributed by atoms with Gasteiger partial charge in [-0.1, -0.05) is 18.2 Å². The van der Waals surface area contributed by atoms with Crippen LogP contribution in [0.3, 0.4) is 0 Å². The minimum absolute atomic E-state index is 0.00866. The zero-order valence-corrected chi connectivity index (χ0v) is 13.5. The van der Waals surface area contributed by atoms with Gasteiger partial charge in [-0.05, 0) is 36.4 Å². The molecule has 0 fully saturated rings. The Kier molecular flexibility index (Phi) is 5.38. The van der Waals surface area contributed by atoms with Crippen LogP contribution in [0.25, 0.3) is 17.5 Å². The summed E-state index contributed by atoms with van der Waals surface area (Å²) in [5.41, 5.74) is 1.88. The molecule has 3 rings (SSSR count). The van der Waals surface area contributed by atoms with E-state index in [1.165, 1.54) is 18.2 Å². The monoisotopic (exact) mass is 355 g/mol. The molecule has 2 aromatic carbocycles. The summed E-state index contributed by atoms with van der Waals surface area (Å²) in [5.74, 6) is 0.357. The molecule has 0 radical (unpaired) electrons. The van der Waals surface area contributed by atoms with E-state index in [9.17, 15) is 13.6 Å². The van der Waals surface area contributed by atoms with Gasteiger partial charge >= 0.3 is 6.61 Å². The lowest BCUT2D eigenvalue weighted by Gasteiger charge is -2.07. The molecule has 5 nitrogen and oxygen atoms in total. The van der Waals surface area contributed by atoms with Crippen molar-refractivity contribution in [3.05, 3.63) is 72.6 Å². The van der Waals surface area contributed by atoms with Crippen molar-refractivity contribution in [3.63, 3.8) is 0 Å². The molecule has 0 unspecified atom stereocenters. The Labute approximate surface area is 148 Å². The predicted octanol–water partition coefficient (Wildman–Crippen LogP) is 4.33. The van der Waals surface area contributed by atoms with Crippen LogP contribution >= 0.6 is 0 Å². The highest BCUT2D eigenvalue weighted by atomic mass is 19.3. The normalized spacial score (nSPS) is 11.0. The van der Waals surface area contributed by atoms with Crippen LogP contribution in [0.1, 0.15) is 5.56 Å². The summed E-state index contributed by atoms with van der Waals surface area (Å²) in [6.45, 7) is -2.92.